The Morgan fingerprint density at radius 3 is 2.73 bits per heavy atom. The van der Waals surface area contributed by atoms with Crippen LogP contribution in [-0.2, 0) is 16.0 Å². The third-order valence-corrected chi connectivity index (χ3v) is 2.17. The number of benzene rings is 1. The number of phenolic OH excluding ortho intramolecular Hbond substituents is 1. The summed E-state index contributed by atoms with van der Waals surface area (Å²) in [5.41, 5.74) is 1.28. The van der Waals surface area contributed by atoms with Crippen LogP contribution >= 0.6 is 0 Å². The number of carbonyl (C=O) groups is 1. The van der Waals surface area contributed by atoms with Crippen molar-refractivity contribution in [2.75, 3.05) is 7.11 Å². The Labute approximate surface area is 88.0 Å². The van der Waals surface area contributed by atoms with E-state index in [4.69, 9.17) is 5.41 Å². The van der Waals surface area contributed by atoms with Crippen LogP contribution in [-0.4, -0.2) is 23.9 Å². The highest BCUT2D eigenvalue weighted by atomic mass is 16.5. The van der Waals surface area contributed by atoms with Crippen LogP contribution in [0.2, 0.25) is 0 Å². The molecular formula is C11H13NO3. The van der Waals surface area contributed by atoms with E-state index in [1.807, 2.05) is 13.0 Å². The number of aromatic hydroxyl groups is 1. The van der Waals surface area contributed by atoms with Crippen LogP contribution in [0.1, 0.15) is 11.1 Å². The summed E-state index contributed by atoms with van der Waals surface area (Å²) in [5, 5.41) is 17.0. The molecule has 0 aliphatic heterocycles. The van der Waals surface area contributed by atoms with Crippen LogP contribution in [0.25, 0.3) is 0 Å². The maximum absolute atomic E-state index is 11.0. The van der Waals surface area contributed by atoms with Gasteiger partial charge in [-0.05, 0) is 18.6 Å². The van der Waals surface area contributed by atoms with Crippen LogP contribution in [0.4, 0.5) is 0 Å². The third kappa shape index (κ3) is 2.56. The zero-order valence-corrected chi connectivity index (χ0v) is 8.70. The summed E-state index contributed by atoms with van der Waals surface area (Å²) in [6, 6.07) is 5.07. The minimum atomic E-state index is -0.669. The van der Waals surface area contributed by atoms with Crippen LogP contribution in [0.3, 0.4) is 0 Å². The number of carbonyl (C=O) groups excluding carboxylic acids is 1. The molecule has 0 aliphatic carbocycles. The van der Waals surface area contributed by atoms with Gasteiger partial charge in [0.1, 0.15) is 11.5 Å². The van der Waals surface area contributed by atoms with E-state index >= 15 is 0 Å². The van der Waals surface area contributed by atoms with Crippen LogP contribution < -0.4 is 0 Å². The Morgan fingerprint density at radius 1 is 1.53 bits per heavy atom. The van der Waals surface area contributed by atoms with Gasteiger partial charge in [0, 0.05) is 12.0 Å². The minimum absolute atomic E-state index is 0.0885. The van der Waals surface area contributed by atoms with Gasteiger partial charge in [0.15, 0.2) is 0 Å². The predicted molar refractivity (Wildman–Crippen MR) is 56.3 cm³/mol. The fourth-order valence-corrected chi connectivity index (χ4v) is 1.29. The number of rotatable bonds is 3. The number of hydrogen-bond acceptors (Lipinski definition) is 4. The van der Waals surface area contributed by atoms with Crippen molar-refractivity contribution in [1.29, 1.82) is 5.41 Å². The Morgan fingerprint density at radius 2 is 2.20 bits per heavy atom. The molecule has 0 unspecified atom stereocenters. The van der Waals surface area contributed by atoms with E-state index in [0.29, 0.717) is 5.56 Å². The molecule has 0 atom stereocenters. The average Bonchev–Trinajstić information content (AvgIpc) is 2.22. The second-order valence-corrected chi connectivity index (χ2v) is 3.22. The molecule has 0 bridgehead atoms. The molecule has 4 heteroatoms. The molecule has 0 saturated heterocycles. The van der Waals surface area contributed by atoms with Crippen LogP contribution in [0, 0.1) is 12.3 Å². The summed E-state index contributed by atoms with van der Waals surface area (Å²) in [5.74, 6) is -0.568. The van der Waals surface area contributed by atoms with Crippen molar-refractivity contribution in [2.24, 2.45) is 0 Å². The molecular weight excluding hydrogens is 194 g/mol. The minimum Gasteiger partial charge on any atom is -0.508 e. The largest absolute Gasteiger partial charge is 0.508 e. The van der Waals surface area contributed by atoms with Crippen molar-refractivity contribution in [3.63, 3.8) is 0 Å². The Balaban J connectivity index is 2.90. The van der Waals surface area contributed by atoms with E-state index in [1.165, 1.54) is 13.2 Å². The third-order valence-electron chi connectivity index (χ3n) is 2.17. The van der Waals surface area contributed by atoms with Gasteiger partial charge in [0.05, 0.1) is 7.11 Å². The molecule has 1 rings (SSSR count). The van der Waals surface area contributed by atoms with Crippen molar-refractivity contribution >= 4 is 11.7 Å². The first-order chi connectivity index (χ1) is 7.06. The van der Waals surface area contributed by atoms with Gasteiger partial charge < -0.3 is 9.84 Å². The quantitative estimate of drug-likeness (QED) is 0.582. The summed E-state index contributed by atoms with van der Waals surface area (Å²) in [6.07, 6.45) is 0.0885. The summed E-state index contributed by atoms with van der Waals surface area (Å²) >= 11 is 0. The van der Waals surface area contributed by atoms with E-state index in [1.54, 1.807) is 6.07 Å². The van der Waals surface area contributed by atoms with Crippen molar-refractivity contribution in [3.05, 3.63) is 29.3 Å². The lowest BCUT2D eigenvalue weighted by molar-refractivity contribution is -0.132. The standard InChI is InChI=1S/C11H13NO3/c1-7-4-3-5-10(13)8(7)6-9(12)11(14)15-2/h3-5,12-13H,6H2,1-2H3. The van der Waals surface area contributed by atoms with Gasteiger partial charge in [-0.1, -0.05) is 12.1 Å². The van der Waals surface area contributed by atoms with Crippen molar-refractivity contribution in [1.82, 2.24) is 0 Å². The lowest BCUT2D eigenvalue weighted by atomic mass is 10.0. The molecule has 80 valence electrons. The zero-order chi connectivity index (χ0) is 11.4. The molecule has 0 aliphatic rings. The van der Waals surface area contributed by atoms with Crippen molar-refractivity contribution in [2.45, 2.75) is 13.3 Å². The fraction of sp³-hybridized carbons (Fsp3) is 0.273. The second-order valence-electron chi connectivity index (χ2n) is 3.22. The van der Waals surface area contributed by atoms with E-state index in [2.05, 4.69) is 4.74 Å². The number of esters is 1. The average molecular weight is 207 g/mol. The molecule has 1 aromatic rings. The number of aryl methyl sites for hydroxylation is 1. The van der Waals surface area contributed by atoms with E-state index in [-0.39, 0.29) is 17.9 Å². The highest BCUT2D eigenvalue weighted by Crippen LogP contribution is 2.21. The molecule has 4 nitrogen and oxygen atoms in total. The van der Waals surface area contributed by atoms with Crippen molar-refractivity contribution in [3.8, 4) is 5.75 Å². The SMILES string of the molecule is COC(=O)C(=N)Cc1c(C)cccc1O. The highest BCUT2D eigenvalue weighted by Gasteiger charge is 2.13. The molecule has 1 aromatic carbocycles. The summed E-state index contributed by atoms with van der Waals surface area (Å²) < 4.78 is 4.42. The molecule has 0 amide bonds. The first-order valence-electron chi connectivity index (χ1n) is 4.49. The molecule has 15 heavy (non-hydrogen) atoms. The second kappa shape index (κ2) is 4.59. The van der Waals surface area contributed by atoms with Gasteiger partial charge >= 0.3 is 5.97 Å². The van der Waals surface area contributed by atoms with Gasteiger partial charge in [-0.3, -0.25) is 5.41 Å². The fourth-order valence-electron chi connectivity index (χ4n) is 1.29. The number of ether oxygens (including phenoxy) is 1. The number of methoxy groups -OCH3 is 1. The highest BCUT2D eigenvalue weighted by molar-refractivity contribution is 6.35. The Hall–Kier alpha value is -1.84. The molecule has 0 spiro atoms. The smallest absolute Gasteiger partial charge is 0.352 e. The van der Waals surface area contributed by atoms with Crippen LogP contribution in [0.15, 0.2) is 18.2 Å². The zero-order valence-electron chi connectivity index (χ0n) is 8.70. The first-order valence-corrected chi connectivity index (χ1v) is 4.49. The summed E-state index contributed by atoms with van der Waals surface area (Å²) in [7, 11) is 1.23. The normalized spacial score (nSPS) is 9.73. The van der Waals surface area contributed by atoms with Gasteiger partial charge in [0.25, 0.3) is 0 Å². The molecule has 0 fully saturated rings. The molecule has 0 radical (unpaired) electrons. The summed E-state index contributed by atoms with van der Waals surface area (Å²) in [6.45, 7) is 1.82. The molecule has 2 N–H and O–H groups in total. The Bertz CT molecular complexity index is 379. The van der Waals surface area contributed by atoms with Crippen molar-refractivity contribution < 1.29 is 14.6 Å². The van der Waals surface area contributed by atoms with E-state index in [0.717, 1.165) is 5.56 Å². The van der Waals surface area contributed by atoms with E-state index < -0.39 is 5.97 Å². The maximum atomic E-state index is 11.0. The lowest BCUT2D eigenvalue weighted by Crippen LogP contribution is -2.17. The predicted octanol–water partition coefficient (Wildman–Crippen LogP) is 1.44. The lowest BCUT2D eigenvalue weighted by Gasteiger charge is -2.07. The first kappa shape index (κ1) is 11.2. The van der Waals surface area contributed by atoms with Crippen LogP contribution in [0.5, 0.6) is 5.75 Å². The molecule has 0 saturated carbocycles. The topological polar surface area (TPSA) is 70.4 Å². The number of phenols is 1. The van der Waals surface area contributed by atoms with Gasteiger partial charge in [-0.25, -0.2) is 4.79 Å². The molecule has 0 aromatic heterocycles. The van der Waals surface area contributed by atoms with Gasteiger partial charge in [0.2, 0.25) is 0 Å². The van der Waals surface area contributed by atoms with E-state index in [9.17, 15) is 9.90 Å². The van der Waals surface area contributed by atoms with Gasteiger partial charge in [-0.2, -0.15) is 0 Å². The van der Waals surface area contributed by atoms with Gasteiger partial charge in [-0.15, -0.1) is 0 Å². The maximum Gasteiger partial charge on any atom is 0.352 e. The Kier molecular flexibility index (Phi) is 3.44. The monoisotopic (exact) mass is 207 g/mol. The number of nitrogens with one attached hydrogen (secondary N) is 1. The summed E-state index contributed by atoms with van der Waals surface area (Å²) in [4.78, 5) is 11.0. The molecule has 0 heterocycles. The number of hydrogen-bond donors (Lipinski definition) is 2.